The average Bonchev–Trinajstić information content (AvgIpc) is 3.06. The maximum absolute atomic E-state index is 12.1. The molecule has 0 spiro atoms. The molecule has 0 atom stereocenters. The van der Waals surface area contributed by atoms with E-state index in [-0.39, 0.29) is 23.4 Å². The summed E-state index contributed by atoms with van der Waals surface area (Å²) in [5, 5.41) is 7.28. The van der Waals surface area contributed by atoms with Gasteiger partial charge in [0.2, 0.25) is 5.82 Å². The fraction of sp³-hybridized carbons (Fsp3) is 0.167. The highest BCUT2D eigenvalue weighted by Gasteiger charge is 2.31. The summed E-state index contributed by atoms with van der Waals surface area (Å²) in [6.45, 7) is 1.63. The number of rotatable bonds is 3. The monoisotopic (exact) mass is 312 g/mol. The zero-order valence-electron chi connectivity index (χ0n) is 11.0. The molecule has 3 rings (SSSR count). The van der Waals surface area contributed by atoms with Gasteiger partial charge in [-0.2, -0.15) is 9.97 Å². The lowest BCUT2D eigenvalue weighted by Gasteiger charge is -2.08. The van der Waals surface area contributed by atoms with E-state index in [1.807, 2.05) is 0 Å². The van der Waals surface area contributed by atoms with Crippen LogP contribution in [0.3, 0.4) is 0 Å². The molecule has 0 N–H and O–H groups in total. The molecule has 22 heavy (non-hydrogen) atoms. The first kappa shape index (κ1) is 14.0. The number of nitrogens with zero attached hydrogens (tertiary/aromatic N) is 4. The van der Waals surface area contributed by atoms with Gasteiger partial charge in [0, 0.05) is 5.56 Å². The molecule has 0 saturated carbocycles. The number of aryl methyl sites for hydroxylation is 1. The van der Waals surface area contributed by atoms with Crippen LogP contribution in [0.4, 0.5) is 13.2 Å². The molecular weight excluding hydrogens is 305 g/mol. The lowest BCUT2D eigenvalue weighted by molar-refractivity contribution is -0.274. The molecule has 0 unspecified atom stereocenters. The van der Waals surface area contributed by atoms with Crippen LogP contribution < -0.4 is 4.74 Å². The second-order valence-corrected chi connectivity index (χ2v) is 4.14. The SMILES string of the molecule is Cc1noc(-c2nc(-c3ccc(OC(F)(F)F)cc3)no2)n1. The quantitative estimate of drug-likeness (QED) is 0.734. The molecule has 0 aliphatic rings. The van der Waals surface area contributed by atoms with Crippen molar-refractivity contribution in [3.63, 3.8) is 0 Å². The van der Waals surface area contributed by atoms with Gasteiger partial charge in [-0.3, -0.25) is 0 Å². The molecule has 0 bridgehead atoms. The molecular formula is C12H7F3N4O3. The van der Waals surface area contributed by atoms with Crippen molar-refractivity contribution in [3.05, 3.63) is 30.1 Å². The van der Waals surface area contributed by atoms with Gasteiger partial charge in [0.25, 0.3) is 0 Å². The van der Waals surface area contributed by atoms with E-state index >= 15 is 0 Å². The van der Waals surface area contributed by atoms with Crippen molar-refractivity contribution in [2.45, 2.75) is 13.3 Å². The molecule has 10 heteroatoms. The summed E-state index contributed by atoms with van der Waals surface area (Å²) in [5.74, 6) is 0.319. The summed E-state index contributed by atoms with van der Waals surface area (Å²) in [6, 6.07) is 5.04. The average molecular weight is 312 g/mol. The minimum atomic E-state index is -4.74. The third kappa shape index (κ3) is 3.05. The molecule has 0 aliphatic carbocycles. The van der Waals surface area contributed by atoms with E-state index in [9.17, 15) is 13.2 Å². The molecule has 0 radical (unpaired) electrons. The van der Waals surface area contributed by atoms with Gasteiger partial charge < -0.3 is 13.8 Å². The Morgan fingerprint density at radius 3 is 2.18 bits per heavy atom. The predicted octanol–water partition coefficient (Wildman–Crippen LogP) is 2.99. The van der Waals surface area contributed by atoms with Gasteiger partial charge in [-0.1, -0.05) is 10.3 Å². The molecule has 0 amide bonds. The molecule has 0 aliphatic heterocycles. The summed E-state index contributed by atoms with van der Waals surface area (Å²) in [7, 11) is 0. The Morgan fingerprint density at radius 2 is 1.59 bits per heavy atom. The number of hydrogen-bond donors (Lipinski definition) is 0. The van der Waals surface area contributed by atoms with E-state index in [0.29, 0.717) is 11.4 Å². The van der Waals surface area contributed by atoms with Gasteiger partial charge in [-0.25, -0.2) is 0 Å². The number of benzene rings is 1. The molecule has 3 aromatic rings. The first-order valence-corrected chi connectivity index (χ1v) is 5.91. The molecule has 2 heterocycles. The minimum Gasteiger partial charge on any atom is -0.406 e. The Kier molecular flexibility index (Phi) is 3.28. The number of alkyl halides is 3. The van der Waals surface area contributed by atoms with E-state index in [2.05, 4.69) is 25.0 Å². The lowest BCUT2D eigenvalue weighted by Crippen LogP contribution is -2.16. The highest BCUT2D eigenvalue weighted by Crippen LogP contribution is 2.26. The van der Waals surface area contributed by atoms with Crippen LogP contribution in [0.15, 0.2) is 33.3 Å². The third-order valence-electron chi connectivity index (χ3n) is 2.48. The topological polar surface area (TPSA) is 87.1 Å². The highest BCUT2D eigenvalue weighted by molar-refractivity contribution is 5.57. The minimum absolute atomic E-state index is 0.0196. The molecule has 1 aromatic carbocycles. The van der Waals surface area contributed by atoms with Crippen molar-refractivity contribution in [1.82, 2.24) is 20.3 Å². The smallest absolute Gasteiger partial charge is 0.406 e. The summed E-state index contributed by atoms with van der Waals surface area (Å²) in [4.78, 5) is 7.95. The zero-order chi connectivity index (χ0) is 15.7. The van der Waals surface area contributed by atoms with Crippen LogP contribution in [0, 0.1) is 6.92 Å². The van der Waals surface area contributed by atoms with Crippen LogP contribution in [0.25, 0.3) is 23.2 Å². The lowest BCUT2D eigenvalue weighted by atomic mass is 10.2. The van der Waals surface area contributed by atoms with Gasteiger partial charge in [0.15, 0.2) is 5.82 Å². The molecule has 114 valence electrons. The van der Waals surface area contributed by atoms with Gasteiger partial charge in [0.05, 0.1) is 0 Å². The Bertz CT molecular complexity index is 780. The second kappa shape index (κ2) is 5.13. The van der Waals surface area contributed by atoms with Gasteiger partial charge in [-0.05, 0) is 31.2 Å². The van der Waals surface area contributed by atoms with E-state index in [1.54, 1.807) is 6.92 Å². The van der Waals surface area contributed by atoms with Crippen LogP contribution in [-0.4, -0.2) is 26.6 Å². The van der Waals surface area contributed by atoms with Crippen molar-refractivity contribution >= 4 is 0 Å². The summed E-state index contributed by atoms with van der Waals surface area (Å²) < 4.78 is 49.8. The Balaban J connectivity index is 1.81. The van der Waals surface area contributed by atoms with Crippen molar-refractivity contribution < 1.29 is 27.0 Å². The summed E-state index contributed by atoms with van der Waals surface area (Å²) in [5.41, 5.74) is 0.445. The first-order valence-electron chi connectivity index (χ1n) is 5.91. The van der Waals surface area contributed by atoms with Crippen molar-refractivity contribution in [1.29, 1.82) is 0 Å². The summed E-state index contributed by atoms with van der Waals surface area (Å²) >= 11 is 0. The third-order valence-corrected chi connectivity index (χ3v) is 2.48. The molecule has 0 fully saturated rings. The standard InChI is InChI=1S/C12H7F3N4O3/c1-6-16-10(21-18-6)11-17-9(19-22-11)7-2-4-8(5-3-7)20-12(13,14)15/h2-5H,1H3. The maximum Gasteiger partial charge on any atom is 0.573 e. The van der Waals surface area contributed by atoms with E-state index in [1.165, 1.54) is 12.1 Å². The normalized spacial score (nSPS) is 11.6. The maximum atomic E-state index is 12.1. The molecule has 0 saturated heterocycles. The van der Waals surface area contributed by atoms with Gasteiger partial charge in [-0.15, -0.1) is 13.2 Å². The van der Waals surface area contributed by atoms with Crippen molar-refractivity contribution in [3.8, 4) is 28.9 Å². The number of halogens is 3. The van der Waals surface area contributed by atoms with Crippen LogP contribution in [0.1, 0.15) is 5.82 Å². The number of ether oxygens (including phenoxy) is 1. The van der Waals surface area contributed by atoms with E-state index in [4.69, 9.17) is 9.05 Å². The van der Waals surface area contributed by atoms with Gasteiger partial charge >= 0.3 is 18.1 Å². The van der Waals surface area contributed by atoms with Crippen LogP contribution >= 0.6 is 0 Å². The number of aromatic nitrogens is 4. The fourth-order valence-electron chi connectivity index (χ4n) is 1.62. The van der Waals surface area contributed by atoms with Gasteiger partial charge in [0.1, 0.15) is 5.75 Å². The van der Waals surface area contributed by atoms with Crippen LogP contribution in [0.2, 0.25) is 0 Å². The second-order valence-electron chi connectivity index (χ2n) is 4.14. The van der Waals surface area contributed by atoms with Crippen molar-refractivity contribution in [2.75, 3.05) is 0 Å². The Morgan fingerprint density at radius 1 is 0.955 bits per heavy atom. The highest BCUT2D eigenvalue weighted by atomic mass is 19.4. The van der Waals surface area contributed by atoms with Crippen LogP contribution in [0.5, 0.6) is 5.75 Å². The van der Waals surface area contributed by atoms with E-state index < -0.39 is 6.36 Å². The molecule has 2 aromatic heterocycles. The summed E-state index contributed by atoms with van der Waals surface area (Å²) in [6.07, 6.45) is -4.74. The largest absolute Gasteiger partial charge is 0.573 e. The fourth-order valence-corrected chi connectivity index (χ4v) is 1.62. The number of hydrogen-bond acceptors (Lipinski definition) is 7. The van der Waals surface area contributed by atoms with E-state index in [0.717, 1.165) is 12.1 Å². The predicted molar refractivity (Wildman–Crippen MR) is 64.4 cm³/mol. The Hall–Kier alpha value is -2.91. The first-order chi connectivity index (χ1) is 10.4. The Labute approximate surface area is 120 Å². The zero-order valence-corrected chi connectivity index (χ0v) is 11.0. The molecule has 7 nitrogen and oxygen atoms in total. The van der Waals surface area contributed by atoms with Crippen LogP contribution in [-0.2, 0) is 0 Å². The van der Waals surface area contributed by atoms with Crippen molar-refractivity contribution in [2.24, 2.45) is 0 Å².